The molecule has 30 heavy (non-hydrogen) atoms. The normalized spacial score (nSPS) is 22.6. The molecule has 2 N–H and O–H groups in total. The smallest absolute Gasteiger partial charge is 0.275 e. The molecule has 0 saturated carbocycles. The first kappa shape index (κ1) is 20.4. The second kappa shape index (κ2) is 7.42. The second-order valence-corrected chi connectivity index (χ2v) is 8.95. The van der Waals surface area contributed by atoms with E-state index >= 15 is 0 Å². The van der Waals surface area contributed by atoms with Crippen LogP contribution >= 0.6 is 11.8 Å². The maximum atomic E-state index is 13.8. The maximum absolute atomic E-state index is 13.8. The number of aromatic hydroxyl groups is 1. The van der Waals surface area contributed by atoms with Gasteiger partial charge in [-0.15, -0.1) is 11.8 Å². The molecule has 3 atom stereocenters. The van der Waals surface area contributed by atoms with Gasteiger partial charge in [0.1, 0.15) is 17.2 Å². The molecular weight excluding hydrogens is 416 g/mol. The number of amides is 2. The van der Waals surface area contributed by atoms with Crippen molar-refractivity contribution in [3.63, 3.8) is 0 Å². The van der Waals surface area contributed by atoms with Crippen molar-refractivity contribution in [1.29, 1.82) is 0 Å². The van der Waals surface area contributed by atoms with Crippen LogP contribution in [0.1, 0.15) is 40.3 Å². The molecule has 1 saturated heterocycles. The minimum absolute atomic E-state index is 0.0446. The van der Waals surface area contributed by atoms with Gasteiger partial charge in [0.25, 0.3) is 11.8 Å². The van der Waals surface area contributed by atoms with E-state index in [-0.39, 0.29) is 40.0 Å². The van der Waals surface area contributed by atoms with Gasteiger partial charge in [-0.2, -0.15) is 0 Å². The lowest BCUT2D eigenvalue weighted by Gasteiger charge is -2.34. The van der Waals surface area contributed by atoms with Crippen LogP contribution in [0.4, 0.5) is 8.78 Å². The van der Waals surface area contributed by atoms with Gasteiger partial charge in [0.05, 0.1) is 11.9 Å². The molecule has 158 valence electrons. The number of carbonyl (C=O) groups excluding carboxylic acids is 2. The van der Waals surface area contributed by atoms with Crippen LogP contribution in [0.2, 0.25) is 0 Å². The standard InChI is InChI=1S/C20H19F2N3O4S/c1-9-10(2)30-15-8-24-7-13(17(26)18(27)16(24)20(29)25(9)15)19(28)23-6-11-3-4-12(21)5-14(11)22/h3-5,7,9-10,15,27H,6,8H2,1-2H3,(H,23,28). The highest BCUT2D eigenvalue weighted by molar-refractivity contribution is 8.00. The van der Waals surface area contributed by atoms with Crippen LogP contribution in [-0.2, 0) is 13.1 Å². The zero-order valence-corrected chi connectivity index (χ0v) is 17.0. The van der Waals surface area contributed by atoms with Gasteiger partial charge in [-0.05, 0) is 13.0 Å². The number of nitrogens with one attached hydrogen (secondary N) is 1. The molecule has 0 aliphatic carbocycles. The fraction of sp³-hybridized carbons (Fsp3) is 0.350. The Morgan fingerprint density at radius 3 is 2.73 bits per heavy atom. The average molecular weight is 435 g/mol. The van der Waals surface area contributed by atoms with Crippen LogP contribution in [0.3, 0.4) is 0 Å². The van der Waals surface area contributed by atoms with Crippen molar-refractivity contribution < 1.29 is 23.5 Å². The molecule has 1 aromatic heterocycles. The Morgan fingerprint density at radius 2 is 2.03 bits per heavy atom. The predicted octanol–water partition coefficient (Wildman–Crippen LogP) is 2.07. The van der Waals surface area contributed by atoms with E-state index < -0.39 is 34.6 Å². The quantitative estimate of drug-likeness (QED) is 0.770. The molecule has 3 unspecified atom stereocenters. The number of carbonyl (C=O) groups is 2. The van der Waals surface area contributed by atoms with Gasteiger partial charge in [-0.25, -0.2) is 8.78 Å². The van der Waals surface area contributed by atoms with Crippen LogP contribution in [0, 0.1) is 11.6 Å². The molecular formula is C20H19F2N3O4S. The number of benzene rings is 1. The van der Waals surface area contributed by atoms with Gasteiger partial charge < -0.3 is 19.9 Å². The summed E-state index contributed by atoms with van der Waals surface area (Å²) < 4.78 is 28.2. The number of hydrogen-bond acceptors (Lipinski definition) is 5. The first-order chi connectivity index (χ1) is 14.2. The van der Waals surface area contributed by atoms with E-state index in [0.717, 1.165) is 6.07 Å². The summed E-state index contributed by atoms with van der Waals surface area (Å²) in [4.78, 5) is 39.7. The maximum Gasteiger partial charge on any atom is 0.275 e. The van der Waals surface area contributed by atoms with Crippen molar-refractivity contribution in [2.24, 2.45) is 0 Å². The van der Waals surface area contributed by atoms with Crippen molar-refractivity contribution in [3.8, 4) is 5.75 Å². The lowest BCUT2D eigenvalue weighted by molar-refractivity contribution is 0.0620. The summed E-state index contributed by atoms with van der Waals surface area (Å²) in [5, 5.41) is 12.8. The summed E-state index contributed by atoms with van der Waals surface area (Å²) >= 11 is 1.61. The summed E-state index contributed by atoms with van der Waals surface area (Å²) in [6, 6.07) is 2.89. The predicted molar refractivity (Wildman–Crippen MR) is 106 cm³/mol. The molecule has 1 fully saturated rings. The van der Waals surface area contributed by atoms with Gasteiger partial charge in [0, 0.05) is 35.7 Å². The fourth-order valence-corrected chi connectivity index (χ4v) is 5.29. The van der Waals surface area contributed by atoms with E-state index in [1.165, 1.54) is 16.8 Å². The van der Waals surface area contributed by atoms with E-state index in [1.54, 1.807) is 16.7 Å². The summed E-state index contributed by atoms with van der Waals surface area (Å²) in [7, 11) is 0. The first-order valence-corrected chi connectivity index (χ1v) is 10.3. The largest absolute Gasteiger partial charge is 0.503 e. The Kier molecular flexibility index (Phi) is 5.05. The number of thioether (sulfide) groups is 1. The van der Waals surface area contributed by atoms with Gasteiger partial charge in [0.2, 0.25) is 5.43 Å². The van der Waals surface area contributed by atoms with Crippen LogP contribution < -0.4 is 10.7 Å². The van der Waals surface area contributed by atoms with Crippen molar-refractivity contribution in [3.05, 3.63) is 63.1 Å². The number of nitrogens with zero attached hydrogens (tertiary/aromatic N) is 2. The van der Waals surface area contributed by atoms with E-state index in [9.17, 15) is 28.3 Å². The highest BCUT2D eigenvalue weighted by atomic mass is 32.2. The lowest BCUT2D eigenvalue weighted by atomic mass is 10.1. The van der Waals surface area contributed by atoms with Gasteiger partial charge in [-0.3, -0.25) is 14.4 Å². The van der Waals surface area contributed by atoms with E-state index in [1.807, 2.05) is 13.8 Å². The third kappa shape index (κ3) is 3.24. The van der Waals surface area contributed by atoms with E-state index in [0.29, 0.717) is 12.6 Å². The first-order valence-electron chi connectivity index (χ1n) is 9.35. The van der Waals surface area contributed by atoms with Gasteiger partial charge in [-0.1, -0.05) is 13.0 Å². The number of fused-ring (bicyclic) bond motifs is 2. The zero-order chi connectivity index (χ0) is 21.7. The van der Waals surface area contributed by atoms with Gasteiger partial charge >= 0.3 is 0 Å². The molecule has 2 aliphatic heterocycles. The lowest BCUT2D eigenvalue weighted by Crippen LogP contribution is -2.48. The van der Waals surface area contributed by atoms with Crippen LogP contribution in [0.5, 0.6) is 5.75 Å². The molecule has 1 aromatic carbocycles. The highest BCUT2D eigenvalue weighted by Gasteiger charge is 2.45. The molecule has 2 aromatic rings. The Bertz CT molecular complexity index is 1120. The number of pyridine rings is 1. The fourth-order valence-electron chi connectivity index (χ4n) is 3.77. The molecule has 3 heterocycles. The Hall–Kier alpha value is -2.88. The topological polar surface area (TPSA) is 91.6 Å². The van der Waals surface area contributed by atoms with Crippen LogP contribution in [-0.4, -0.2) is 43.1 Å². The van der Waals surface area contributed by atoms with Crippen molar-refractivity contribution in [1.82, 2.24) is 14.8 Å². The molecule has 0 radical (unpaired) electrons. The second-order valence-electron chi connectivity index (χ2n) is 7.39. The van der Waals surface area contributed by atoms with Crippen molar-refractivity contribution in [2.75, 3.05) is 0 Å². The van der Waals surface area contributed by atoms with E-state index in [4.69, 9.17) is 0 Å². The third-order valence-corrected chi connectivity index (χ3v) is 7.06. The zero-order valence-electron chi connectivity index (χ0n) is 16.2. The van der Waals surface area contributed by atoms with Crippen molar-refractivity contribution >= 4 is 23.6 Å². The van der Waals surface area contributed by atoms with E-state index in [2.05, 4.69) is 5.32 Å². The number of halogens is 2. The van der Waals surface area contributed by atoms with Gasteiger partial charge in [0.15, 0.2) is 11.4 Å². The minimum Gasteiger partial charge on any atom is -0.503 e. The minimum atomic E-state index is -0.974. The third-order valence-electron chi connectivity index (χ3n) is 5.55. The Labute approximate surface area is 174 Å². The Morgan fingerprint density at radius 1 is 1.30 bits per heavy atom. The molecule has 2 amide bonds. The van der Waals surface area contributed by atoms with Crippen molar-refractivity contribution in [2.45, 2.75) is 43.6 Å². The number of hydrogen-bond donors (Lipinski definition) is 2. The number of rotatable bonds is 3. The SMILES string of the molecule is CC1SC2Cn3cc(C(=O)NCc4ccc(F)cc4F)c(=O)c(O)c3C(=O)N2C1C. The highest BCUT2D eigenvalue weighted by Crippen LogP contribution is 2.40. The molecule has 4 rings (SSSR count). The molecule has 0 spiro atoms. The Balaban J connectivity index is 1.63. The summed E-state index contributed by atoms with van der Waals surface area (Å²) in [6.07, 6.45) is 1.25. The summed E-state index contributed by atoms with van der Waals surface area (Å²) in [5.41, 5.74) is -1.43. The van der Waals surface area contributed by atoms with Crippen LogP contribution in [0.15, 0.2) is 29.2 Å². The molecule has 0 bridgehead atoms. The van der Waals surface area contributed by atoms with Crippen LogP contribution in [0.25, 0.3) is 0 Å². The summed E-state index contributed by atoms with van der Waals surface area (Å²) in [5.74, 6) is -3.63. The average Bonchev–Trinajstić information content (AvgIpc) is 2.97. The molecule has 10 heteroatoms. The summed E-state index contributed by atoms with van der Waals surface area (Å²) in [6.45, 7) is 3.97. The molecule has 2 aliphatic rings. The number of aromatic nitrogens is 1. The molecule has 7 nitrogen and oxygen atoms in total. The monoisotopic (exact) mass is 435 g/mol.